The van der Waals surface area contributed by atoms with Crippen molar-refractivity contribution in [1.29, 1.82) is 0 Å². The summed E-state index contributed by atoms with van der Waals surface area (Å²) in [6.07, 6.45) is 4.99. The number of pyridine rings is 1. The molecule has 0 spiro atoms. The molecular weight excluding hydrogens is 254 g/mol. The quantitative estimate of drug-likeness (QED) is 0.548. The van der Waals surface area contributed by atoms with Gasteiger partial charge >= 0.3 is 0 Å². The summed E-state index contributed by atoms with van der Waals surface area (Å²) in [5.41, 5.74) is 4.12. The molecule has 0 aliphatic heterocycles. The molecule has 0 amide bonds. The Morgan fingerprint density at radius 1 is 1.15 bits per heavy atom. The van der Waals surface area contributed by atoms with Gasteiger partial charge in [0.1, 0.15) is 0 Å². The van der Waals surface area contributed by atoms with Crippen molar-refractivity contribution in [1.82, 2.24) is 14.5 Å². The van der Waals surface area contributed by atoms with Crippen molar-refractivity contribution in [3.63, 3.8) is 0 Å². The van der Waals surface area contributed by atoms with Crippen LogP contribution in [0.4, 0.5) is 5.82 Å². The van der Waals surface area contributed by atoms with Crippen LogP contribution >= 0.6 is 0 Å². The molecule has 6 heteroatoms. The van der Waals surface area contributed by atoms with E-state index in [1.54, 1.807) is 24.7 Å². The number of para-hydroxylation sites is 1. The van der Waals surface area contributed by atoms with Gasteiger partial charge in [-0.1, -0.05) is 12.1 Å². The van der Waals surface area contributed by atoms with Crippen LogP contribution in [0.25, 0.3) is 10.9 Å². The molecule has 1 aromatic carbocycles. The Morgan fingerprint density at radius 3 is 2.75 bits per heavy atom. The van der Waals surface area contributed by atoms with Crippen molar-refractivity contribution in [2.45, 2.75) is 6.54 Å². The van der Waals surface area contributed by atoms with Crippen LogP contribution in [-0.4, -0.2) is 14.5 Å². The highest BCUT2D eigenvalue weighted by atomic mass is 16.1. The summed E-state index contributed by atoms with van der Waals surface area (Å²) in [7, 11) is 0. The third kappa shape index (κ3) is 2.24. The Morgan fingerprint density at radius 2 is 2.00 bits per heavy atom. The molecule has 3 N–H and O–H groups in total. The average Bonchev–Trinajstić information content (AvgIpc) is 2.51. The Balaban J connectivity index is 2.02. The van der Waals surface area contributed by atoms with Gasteiger partial charge in [-0.2, -0.15) is 0 Å². The molecule has 2 aromatic heterocycles. The number of anilines is 1. The number of benzene rings is 1. The highest BCUT2D eigenvalue weighted by molar-refractivity contribution is 5.78. The van der Waals surface area contributed by atoms with Crippen LogP contribution in [0, 0.1) is 0 Å². The predicted octanol–water partition coefficient (Wildman–Crippen LogP) is 1.13. The Hall–Kier alpha value is -2.73. The summed E-state index contributed by atoms with van der Waals surface area (Å²) in [5.74, 6) is 5.76. The molecule has 0 unspecified atom stereocenters. The molecule has 0 atom stereocenters. The fourth-order valence-corrected chi connectivity index (χ4v) is 2.08. The summed E-state index contributed by atoms with van der Waals surface area (Å²) < 4.78 is 1.97. The van der Waals surface area contributed by atoms with E-state index in [-0.39, 0.29) is 5.43 Å². The zero-order valence-corrected chi connectivity index (χ0v) is 10.7. The van der Waals surface area contributed by atoms with Crippen molar-refractivity contribution in [3.05, 3.63) is 64.8 Å². The first-order valence-electron chi connectivity index (χ1n) is 6.13. The monoisotopic (exact) mass is 267 g/mol. The first kappa shape index (κ1) is 12.3. The highest BCUT2D eigenvalue weighted by Gasteiger charge is 2.03. The molecule has 6 nitrogen and oxygen atoms in total. The SMILES string of the molecule is NNc1cnc(Cn2ccc(=O)c3ccccc32)cn1. The summed E-state index contributed by atoms with van der Waals surface area (Å²) in [5, 5.41) is 0.697. The van der Waals surface area contributed by atoms with Gasteiger partial charge < -0.3 is 9.99 Å². The van der Waals surface area contributed by atoms with Crippen LogP contribution < -0.4 is 16.7 Å². The van der Waals surface area contributed by atoms with Crippen LogP contribution in [0.3, 0.4) is 0 Å². The van der Waals surface area contributed by atoms with Crippen LogP contribution in [0.1, 0.15) is 5.69 Å². The van der Waals surface area contributed by atoms with Crippen molar-refractivity contribution in [2.75, 3.05) is 5.43 Å². The smallest absolute Gasteiger partial charge is 0.189 e. The Bertz CT molecular complexity index is 795. The second-order valence-electron chi connectivity index (χ2n) is 4.36. The third-order valence-electron chi connectivity index (χ3n) is 3.07. The number of rotatable bonds is 3. The second-order valence-corrected chi connectivity index (χ2v) is 4.36. The molecule has 0 saturated heterocycles. The van der Waals surface area contributed by atoms with Gasteiger partial charge in [-0.3, -0.25) is 9.78 Å². The molecule has 3 rings (SSSR count). The molecule has 0 aliphatic rings. The summed E-state index contributed by atoms with van der Waals surface area (Å²) >= 11 is 0. The molecule has 0 aliphatic carbocycles. The lowest BCUT2D eigenvalue weighted by Crippen LogP contribution is -2.11. The van der Waals surface area contributed by atoms with Crippen molar-refractivity contribution < 1.29 is 0 Å². The number of hydrogen-bond acceptors (Lipinski definition) is 5. The molecule has 0 fully saturated rings. The standard InChI is InChI=1S/C14H13N5O/c15-18-14-8-16-10(7-17-14)9-19-6-5-13(20)11-3-1-2-4-12(11)19/h1-8H,9,15H2,(H,17,18). The predicted molar refractivity (Wildman–Crippen MR) is 77.2 cm³/mol. The van der Waals surface area contributed by atoms with Crippen LogP contribution in [0.2, 0.25) is 0 Å². The lowest BCUT2D eigenvalue weighted by Gasteiger charge is -2.10. The van der Waals surface area contributed by atoms with E-state index in [4.69, 9.17) is 5.84 Å². The van der Waals surface area contributed by atoms with E-state index in [0.717, 1.165) is 11.2 Å². The van der Waals surface area contributed by atoms with E-state index in [9.17, 15) is 4.79 Å². The van der Waals surface area contributed by atoms with E-state index in [1.165, 1.54) is 0 Å². The normalized spacial score (nSPS) is 10.7. The molecule has 0 bridgehead atoms. The average molecular weight is 267 g/mol. The number of hydrazine groups is 1. The summed E-state index contributed by atoms with van der Waals surface area (Å²) in [6, 6.07) is 9.06. The number of hydrogen-bond donors (Lipinski definition) is 2. The largest absolute Gasteiger partial charge is 0.341 e. The lowest BCUT2D eigenvalue weighted by molar-refractivity contribution is 0.791. The second kappa shape index (κ2) is 5.10. The minimum absolute atomic E-state index is 0.0191. The Kier molecular flexibility index (Phi) is 3.14. The van der Waals surface area contributed by atoms with E-state index in [1.807, 2.05) is 28.8 Å². The number of fused-ring (bicyclic) bond motifs is 1. The van der Waals surface area contributed by atoms with Crippen LogP contribution in [0.15, 0.2) is 53.7 Å². The third-order valence-corrected chi connectivity index (χ3v) is 3.07. The maximum absolute atomic E-state index is 11.8. The molecule has 0 saturated carbocycles. The molecular formula is C14H13N5O. The topological polar surface area (TPSA) is 85.8 Å². The fraction of sp³-hybridized carbons (Fsp3) is 0.0714. The van der Waals surface area contributed by atoms with E-state index in [0.29, 0.717) is 17.7 Å². The van der Waals surface area contributed by atoms with Crippen molar-refractivity contribution in [3.8, 4) is 0 Å². The maximum Gasteiger partial charge on any atom is 0.189 e. The summed E-state index contributed by atoms with van der Waals surface area (Å²) in [4.78, 5) is 20.2. The number of nitrogen functional groups attached to an aromatic ring is 1. The zero-order chi connectivity index (χ0) is 13.9. The lowest BCUT2D eigenvalue weighted by atomic mass is 10.2. The van der Waals surface area contributed by atoms with Gasteiger partial charge in [0, 0.05) is 17.6 Å². The Labute approximate surface area is 114 Å². The van der Waals surface area contributed by atoms with Crippen LogP contribution in [0.5, 0.6) is 0 Å². The van der Waals surface area contributed by atoms with Gasteiger partial charge in [0.25, 0.3) is 0 Å². The minimum Gasteiger partial charge on any atom is -0.341 e. The molecule has 2 heterocycles. The van der Waals surface area contributed by atoms with Gasteiger partial charge in [0.2, 0.25) is 0 Å². The van der Waals surface area contributed by atoms with E-state index < -0.39 is 0 Å². The van der Waals surface area contributed by atoms with Crippen molar-refractivity contribution in [2.24, 2.45) is 5.84 Å². The van der Waals surface area contributed by atoms with Gasteiger partial charge in [-0.25, -0.2) is 10.8 Å². The van der Waals surface area contributed by atoms with Gasteiger partial charge in [-0.05, 0) is 12.1 Å². The zero-order valence-electron chi connectivity index (χ0n) is 10.7. The maximum atomic E-state index is 11.8. The van der Waals surface area contributed by atoms with Crippen LogP contribution in [-0.2, 0) is 6.54 Å². The minimum atomic E-state index is 0.0191. The number of nitrogens with zero attached hydrogens (tertiary/aromatic N) is 3. The number of aromatic nitrogens is 3. The van der Waals surface area contributed by atoms with E-state index >= 15 is 0 Å². The van der Waals surface area contributed by atoms with E-state index in [2.05, 4.69) is 15.4 Å². The number of nitrogens with two attached hydrogens (primary N) is 1. The molecule has 100 valence electrons. The fourth-order valence-electron chi connectivity index (χ4n) is 2.08. The van der Waals surface area contributed by atoms with Gasteiger partial charge in [0.15, 0.2) is 11.2 Å². The highest BCUT2D eigenvalue weighted by Crippen LogP contribution is 2.11. The van der Waals surface area contributed by atoms with Gasteiger partial charge in [-0.15, -0.1) is 0 Å². The summed E-state index contributed by atoms with van der Waals surface area (Å²) in [6.45, 7) is 0.540. The molecule has 20 heavy (non-hydrogen) atoms. The molecule has 0 radical (unpaired) electrons. The first-order valence-corrected chi connectivity index (χ1v) is 6.13. The molecule has 3 aromatic rings. The van der Waals surface area contributed by atoms with Crippen molar-refractivity contribution >= 4 is 16.7 Å². The first-order chi connectivity index (χ1) is 9.78. The number of nitrogens with one attached hydrogen (secondary N) is 1. The van der Waals surface area contributed by atoms with Gasteiger partial charge in [0.05, 0.1) is 30.1 Å².